The molecule has 3 nitrogen and oxygen atoms in total. The molecule has 1 unspecified atom stereocenters. The van der Waals surface area contributed by atoms with Gasteiger partial charge >= 0.3 is 0 Å². The lowest BCUT2D eigenvalue weighted by Gasteiger charge is -2.22. The molecule has 0 aromatic heterocycles. The smallest absolute Gasteiger partial charge is 0.290 e. The van der Waals surface area contributed by atoms with Gasteiger partial charge in [-0.1, -0.05) is 23.7 Å². The van der Waals surface area contributed by atoms with E-state index in [9.17, 15) is 0 Å². The molecule has 1 aliphatic heterocycles. The molecule has 0 saturated carbocycles. The van der Waals surface area contributed by atoms with Crippen molar-refractivity contribution in [2.75, 3.05) is 6.61 Å². The molecule has 1 N–H and O–H groups in total. The fourth-order valence-electron chi connectivity index (χ4n) is 2.07. The van der Waals surface area contributed by atoms with E-state index in [0.29, 0.717) is 6.10 Å². The molecule has 0 aliphatic carbocycles. The summed E-state index contributed by atoms with van der Waals surface area (Å²) in [6.07, 6.45) is 5.16. The van der Waals surface area contributed by atoms with Gasteiger partial charge in [0.15, 0.2) is 0 Å². The fraction of sp³-hybridized carbons (Fsp3) is 0.500. The number of hydrogen-bond donors (Lipinski definition) is 1. The summed E-state index contributed by atoms with van der Waals surface area (Å²) < 4.78 is 5.72. The number of rotatable bonds is 2. The summed E-state index contributed by atoms with van der Waals surface area (Å²) in [5, 5.41) is 7.74. The van der Waals surface area contributed by atoms with Crippen LogP contribution >= 0.6 is 11.6 Å². The Labute approximate surface area is 113 Å². The molecule has 1 saturated heterocycles. The van der Waals surface area contributed by atoms with Crippen molar-refractivity contribution in [3.63, 3.8) is 0 Å². The van der Waals surface area contributed by atoms with E-state index >= 15 is 0 Å². The van der Waals surface area contributed by atoms with Gasteiger partial charge < -0.3 is 9.84 Å². The average molecular weight is 271 g/mol. The van der Waals surface area contributed by atoms with E-state index in [0.717, 1.165) is 23.6 Å². The van der Waals surface area contributed by atoms with E-state index in [1.807, 2.05) is 13.0 Å². The van der Waals surface area contributed by atoms with Crippen molar-refractivity contribution in [1.82, 2.24) is 0 Å². The molecule has 1 aromatic carbocycles. The number of benzene rings is 1. The molecule has 100 valence electrons. The minimum absolute atomic E-state index is 0.250. The van der Waals surface area contributed by atoms with Crippen LogP contribution in [0.15, 0.2) is 18.2 Å². The molecule has 0 spiro atoms. The number of carbonyl (C=O) groups is 1. The van der Waals surface area contributed by atoms with Crippen LogP contribution in [-0.4, -0.2) is 24.3 Å². The van der Waals surface area contributed by atoms with Crippen molar-refractivity contribution < 1.29 is 14.6 Å². The van der Waals surface area contributed by atoms with Crippen molar-refractivity contribution in [2.24, 2.45) is 0 Å². The molecule has 18 heavy (non-hydrogen) atoms. The second-order valence-corrected chi connectivity index (χ2v) is 4.79. The first-order chi connectivity index (χ1) is 8.67. The van der Waals surface area contributed by atoms with Gasteiger partial charge in [0.05, 0.1) is 6.10 Å². The predicted molar refractivity (Wildman–Crippen MR) is 72.2 cm³/mol. The lowest BCUT2D eigenvalue weighted by Crippen LogP contribution is -2.21. The van der Waals surface area contributed by atoms with Crippen LogP contribution in [0.5, 0.6) is 0 Å². The van der Waals surface area contributed by atoms with Crippen LogP contribution in [-0.2, 0) is 16.0 Å². The van der Waals surface area contributed by atoms with Crippen LogP contribution < -0.4 is 0 Å². The summed E-state index contributed by atoms with van der Waals surface area (Å²) >= 11 is 5.99. The molecule has 1 heterocycles. The summed E-state index contributed by atoms with van der Waals surface area (Å²) in [5.74, 6) is 0. The van der Waals surface area contributed by atoms with Crippen molar-refractivity contribution in [1.29, 1.82) is 0 Å². The molecular weight excluding hydrogens is 252 g/mol. The van der Waals surface area contributed by atoms with Gasteiger partial charge in [-0.2, -0.15) is 0 Å². The molecule has 0 radical (unpaired) electrons. The van der Waals surface area contributed by atoms with E-state index in [2.05, 4.69) is 12.1 Å². The zero-order valence-electron chi connectivity index (χ0n) is 10.6. The minimum atomic E-state index is -0.250. The van der Waals surface area contributed by atoms with Gasteiger partial charge in [0.25, 0.3) is 6.47 Å². The topological polar surface area (TPSA) is 46.5 Å². The highest BCUT2D eigenvalue weighted by molar-refractivity contribution is 6.31. The first-order valence-corrected chi connectivity index (χ1v) is 6.49. The average Bonchev–Trinajstić information content (AvgIpc) is 2.36. The summed E-state index contributed by atoms with van der Waals surface area (Å²) in [4.78, 5) is 8.36. The second-order valence-electron chi connectivity index (χ2n) is 4.38. The van der Waals surface area contributed by atoms with Crippen LogP contribution in [0.1, 0.15) is 30.4 Å². The number of carboxylic acid groups (broad SMARTS) is 1. The minimum Gasteiger partial charge on any atom is -0.483 e. The Morgan fingerprint density at radius 3 is 2.78 bits per heavy atom. The maximum Gasteiger partial charge on any atom is 0.290 e. The van der Waals surface area contributed by atoms with Gasteiger partial charge in [-0.3, -0.25) is 4.79 Å². The second kappa shape index (κ2) is 8.11. The highest BCUT2D eigenvalue weighted by Gasteiger charge is 2.14. The Morgan fingerprint density at radius 2 is 2.22 bits per heavy atom. The third-order valence-corrected chi connectivity index (χ3v) is 3.38. The number of ether oxygens (including phenoxy) is 1. The number of hydrogen-bond acceptors (Lipinski definition) is 2. The van der Waals surface area contributed by atoms with Crippen molar-refractivity contribution in [3.8, 4) is 0 Å². The Bertz CT molecular complexity index is 373. The van der Waals surface area contributed by atoms with Gasteiger partial charge in [-0.15, -0.1) is 0 Å². The first-order valence-electron chi connectivity index (χ1n) is 6.12. The van der Waals surface area contributed by atoms with E-state index in [1.54, 1.807) is 0 Å². The van der Waals surface area contributed by atoms with Crippen molar-refractivity contribution in [2.45, 2.75) is 38.7 Å². The van der Waals surface area contributed by atoms with Crippen LogP contribution in [0.4, 0.5) is 0 Å². The van der Waals surface area contributed by atoms with Gasteiger partial charge in [0.1, 0.15) is 0 Å². The quantitative estimate of drug-likeness (QED) is 0.837. The zero-order valence-corrected chi connectivity index (χ0v) is 11.3. The highest BCUT2D eigenvalue weighted by Crippen LogP contribution is 2.21. The van der Waals surface area contributed by atoms with E-state index in [-0.39, 0.29) is 6.47 Å². The molecule has 1 fully saturated rings. The number of aryl methyl sites for hydroxylation is 1. The summed E-state index contributed by atoms with van der Waals surface area (Å²) in [6.45, 7) is 2.73. The zero-order chi connectivity index (χ0) is 13.4. The first kappa shape index (κ1) is 15.0. The van der Waals surface area contributed by atoms with Crippen LogP contribution in [0.3, 0.4) is 0 Å². The predicted octanol–water partition coefficient (Wildman–Crippen LogP) is 3.46. The van der Waals surface area contributed by atoms with Gasteiger partial charge in [-0.25, -0.2) is 0 Å². The largest absolute Gasteiger partial charge is 0.483 e. The van der Waals surface area contributed by atoms with Gasteiger partial charge in [0, 0.05) is 11.6 Å². The van der Waals surface area contributed by atoms with E-state index < -0.39 is 0 Å². The Hall–Kier alpha value is -1.06. The summed E-state index contributed by atoms with van der Waals surface area (Å²) in [5.41, 5.74) is 2.49. The Balaban J connectivity index is 0.000000492. The lowest BCUT2D eigenvalue weighted by atomic mass is 10.0. The van der Waals surface area contributed by atoms with Crippen molar-refractivity contribution >= 4 is 18.1 Å². The monoisotopic (exact) mass is 270 g/mol. The SMILES string of the molecule is Cc1cc(CC2CCCCO2)ccc1Cl.O=CO. The molecule has 1 aliphatic rings. The summed E-state index contributed by atoms with van der Waals surface area (Å²) in [7, 11) is 0. The normalized spacial score (nSPS) is 18.7. The molecular formula is C14H19ClO3. The van der Waals surface area contributed by atoms with E-state index in [1.165, 1.54) is 24.8 Å². The molecule has 2 rings (SSSR count). The maximum atomic E-state index is 8.36. The molecule has 1 aromatic rings. The van der Waals surface area contributed by atoms with Gasteiger partial charge in [0.2, 0.25) is 0 Å². The molecule has 0 amide bonds. The Morgan fingerprint density at radius 1 is 1.50 bits per heavy atom. The molecule has 1 atom stereocenters. The summed E-state index contributed by atoms with van der Waals surface area (Å²) in [6, 6.07) is 6.25. The standard InChI is InChI=1S/C13H17ClO.CH2O2/c1-10-8-11(5-6-13(10)14)9-12-4-2-3-7-15-12;2-1-3/h5-6,8,12H,2-4,7,9H2,1H3;1H,(H,2,3). The number of halogens is 1. The van der Waals surface area contributed by atoms with Crippen molar-refractivity contribution in [3.05, 3.63) is 34.3 Å². The molecule has 0 bridgehead atoms. The highest BCUT2D eigenvalue weighted by atomic mass is 35.5. The third kappa shape index (κ3) is 5.07. The van der Waals surface area contributed by atoms with Gasteiger partial charge in [-0.05, 0) is 49.8 Å². The maximum absolute atomic E-state index is 8.36. The fourth-order valence-corrected chi connectivity index (χ4v) is 2.18. The van der Waals surface area contributed by atoms with Crippen LogP contribution in [0.2, 0.25) is 5.02 Å². The van der Waals surface area contributed by atoms with Crippen LogP contribution in [0, 0.1) is 6.92 Å². The third-order valence-electron chi connectivity index (χ3n) is 2.96. The lowest BCUT2D eigenvalue weighted by molar-refractivity contribution is -0.122. The molecule has 4 heteroatoms. The Kier molecular flexibility index (Phi) is 6.76. The van der Waals surface area contributed by atoms with E-state index in [4.69, 9.17) is 26.2 Å². The van der Waals surface area contributed by atoms with Crippen LogP contribution in [0.25, 0.3) is 0 Å².